The molecule has 5 aromatic rings. The molecule has 152 valence electrons. The molecular weight excluding hydrogens is 393 g/mol. The predicted molar refractivity (Wildman–Crippen MR) is 118 cm³/mol. The van der Waals surface area contributed by atoms with E-state index in [-0.39, 0.29) is 5.82 Å². The summed E-state index contributed by atoms with van der Waals surface area (Å²) in [7, 11) is 0. The SMILES string of the molecule is Fc1ccc(-c2nccc3[nH]c(-c4n[nH]c5cnc(C6=CCNCC6)cc45)nc23)cc1. The van der Waals surface area contributed by atoms with Crippen LogP contribution in [0.1, 0.15) is 12.1 Å². The Morgan fingerprint density at radius 3 is 2.71 bits per heavy atom. The molecule has 0 saturated carbocycles. The number of benzene rings is 1. The number of nitrogens with one attached hydrogen (secondary N) is 3. The first kappa shape index (κ1) is 17.9. The molecule has 5 heterocycles. The Morgan fingerprint density at radius 2 is 1.87 bits per heavy atom. The number of hydrogen-bond donors (Lipinski definition) is 3. The minimum atomic E-state index is -0.282. The van der Waals surface area contributed by atoms with E-state index in [9.17, 15) is 4.39 Å². The molecule has 3 N–H and O–H groups in total. The van der Waals surface area contributed by atoms with Crippen molar-refractivity contribution in [1.82, 2.24) is 35.5 Å². The molecule has 0 aliphatic carbocycles. The molecule has 0 bridgehead atoms. The molecule has 0 unspecified atom stereocenters. The Hall–Kier alpha value is -3.91. The van der Waals surface area contributed by atoms with Crippen LogP contribution in [0.15, 0.2) is 54.9 Å². The molecule has 7 nitrogen and oxygen atoms in total. The molecule has 1 aliphatic heterocycles. The van der Waals surface area contributed by atoms with Crippen molar-refractivity contribution in [3.05, 3.63) is 66.4 Å². The lowest BCUT2D eigenvalue weighted by Crippen LogP contribution is -2.20. The van der Waals surface area contributed by atoms with Gasteiger partial charge in [0.1, 0.15) is 17.0 Å². The van der Waals surface area contributed by atoms with E-state index in [4.69, 9.17) is 4.98 Å². The number of aromatic nitrogens is 6. The van der Waals surface area contributed by atoms with Gasteiger partial charge in [0.25, 0.3) is 0 Å². The smallest absolute Gasteiger partial charge is 0.159 e. The highest BCUT2D eigenvalue weighted by Gasteiger charge is 2.17. The van der Waals surface area contributed by atoms with Crippen molar-refractivity contribution in [2.75, 3.05) is 13.1 Å². The highest BCUT2D eigenvalue weighted by Crippen LogP contribution is 2.31. The zero-order valence-electron chi connectivity index (χ0n) is 16.5. The number of nitrogens with zero attached hydrogens (tertiary/aromatic N) is 4. The maximum absolute atomic E-state index is 13.4. The second kappa shape index (κ2) is 7.10. The third-order valence-electron chi connectivity index (χ3n) is 5.58. The van der Waals surface area contributed by atoms with Crippen molar-refractivity contribution >= 4 is 27.5 Å². The summed E-state index contributed by atoms with van der Waals surface area (Å²) < 4.78 is 13.4. The number of imidazole rings is 1. The topological polar surface area (TPSA) is 95.2 Å². The Balaban J connectivity index is 1.48. The average Bonchev–Trinajstić information content (AvgIpc) is 3.43. The normalized spacial score (nSPS) is 14.3. The molecule has 31 heavy (non-hydrogen) atoms. The molecule has 1 aliphatic rings. The summed E-state index contributed by atoms with van der Waals surface area (Å²) in [6.07, 6.45) is 6.66. The van der Waals surface area contributed by atoms with E-state index in [1.54, 1.807) is 18.3 Å². The van der Waals surface area contributed by atoms with Crippen LogP contribution in [0.25, 0.3) is 50.3 Å². The largest absolute Gasteiger partial charge is 0.336 e. The van der Waals surface area contributed by atoms with Crippen LogP contribution < -0.4 is 5.32 Å². The first-order valence-electron chi connectivity index (χ1n) is 10.1. The van der Waals surface area contributed by atoms with Crippen LogP contribution in [-0.4, -0.2) is 43.2 Å². The van der Waals surface area contributed by atoms with Gasteiger partial charge in [-0.15, -0.1) is 0 Å². The van der Waals surface area contributed by atoms with Gasteiger partial charge in [0.15, 0.2) is 5.82 Å². The summed E-state index contributed by atoms with van der Waals surface area (Å²) in [4.78, 5) is 17.3. The predicted octanol–water partition coefficient (Wildman–Crippen LogP) is 4.08. The van der Waals surface area contributed by atoms with Gasteiger partial charge in [-0.1, -0.05) is 6.08 Å². The van der Waals surface area contributed by atoms with E-state index in [0.29, 0.717) is 11.5 Å². The van der Waals surface area contributed by atoms with E-state index in [1.165, 1.54) is 17.7 Å². The van der Waals surface area contributed by atoms with Gasteiger partial charge in [0.2, 0.25) is 0 Å². The highest BCUT2D eigenvalue weighted by atomic mass is 19.1. The van der Waals surface area contributed by atoms with Crippen LogP contribution in [0.3, 0.4) is 0 Å². The molecule has 0 saturated heterocycles. The third kappa shape index (κ3) is 3.08. The zero-order valence-corrected chi connectivity index (χ0v) is 16.5. The quantitative estimate of drug-likeness (QED) is 0.416. The fourth-order valence-electron chi connectivity index (χ4n) is 3.99. The van der Waals surface area contributed by atoms with Crippen molar-refractivity contribution < 1.29 is 4.39 Å². The number of aromatic amines is 2. The highest BCUT2D eigenvalue weighted by molar-refractivity contribution is 5.96. The number of H-pyrrole nitrogens is 2. The third-order valence-corrected chi connectivity index (χ3v) is 5.58. The van der Waals surface area contributed by atoms with Crippen molar-refractivity contribution in [1.29, 1.82) is 0 Å². The zero-order chi connectivity index (χ0) is 20.8. The monoisotopic (exact) mass is 411 g/mol. The molecule has 0 spiro atoms. The van der Waals surface area contributed by atoms with E-state index in [0.717, 1.165) is 58.4 Å². The lowest BCUT2D eigenvalue weighted by Gasteiger charge is -2.13. The first-order chi connectivity index (χ1) is 15.3. The van der Waals surface area contributed by atoms with Crippen LogP contribution >= 0.6 is 0 Å². The van der Waals surface area contributed by atoms with Gasteiger partial charge in [-0.25, -0.2) is 9.37 Å². The number of rotatable bonds is 3. The van der Waals surface area contributed by atoms with Gasteiger partial charge in [-0.2, -0.15) is 5.10 Å². The Bertz CT molecular complexity index is 1450. The van der Waals surface area contributed by atoms with Gasteiger partial charge < -0.3 is 10.3 Å². The Labute approximate surface area is 176 Å². The molecule has 0 radical (unpaired) electrons. The second-order valence-corrected chi connectivity index (χ2v) is 7.52. The maximum Gasteiger partial charge on any atom is 0.159 e. The minimum Gasteiger partial charge on any atom is -0.336 e. The maximum atomic E-state index is 13.4. The summed E-state index contributed by atoms with van der Waals surface area (Å²) in [5.41, 5.74) is 6.84. The fraction of sp³-hybridized carbons (Fsp3) is 0.130. The number of pyridine rings is 2. The van der Waals surface area contributed by atoms with Crippen LogP contribution in [0.4, 0.5) is 4.39 Å². The second-order valence-electron chi connectivity index (χ2n) is 7.52. The van der Waals surface area contributed by atoms with Crippen LogP contribution in [0.5, 0.6) is 0 Å². The van der Waals surface area contributed by atoms with Crippen molar-refractivity contribution in [3.8, 4) is 22.8 Å². The number of fused-ring (bicyclic) bond motifs is 2. The van der Waals surface area contributed by atoms with Gasteiger partial charge in [-0.05, 0) is 54.9 Å². The van der Waals surface area contributed by atoms with E-state index < -0.39 is 0 Å². The average molecular weight is 411 g/mol. The molecule has 8 heteroatoms. The van der Waals surface area contributed by atoms with E-state index >= 15 is 0 Å². The summed E-state index contributed by atoms with van der Waals surface area (Å²) in [6, 6.07) is 10.2. The van der Waals surface area contributed by atoms with Gasteiger partial charge in [-0.3, -0.25) is 15.1 Å². The lowest BCUT2D eigenvalue weighted by atomic mass is 10.0. The van der Waals surface area contributed by atoms with Crippen LogP contribution in [0, 0.1) is 5.82 Å². The molecular formula is C23H18FN7. The number of hydrogen-bond acceptors (Lipinski definition) is 5. The molecule has 1 aromatic carbocycles. The lowest BCUT2D eigenvalue weighted by molar-refractivity contribution is 0.628. The van der Waals surface area contributed by atoms with Crippen molar-refractivity contribution in [3.63, 3.8) is 0 Å². The minimum absolute atomic E-state index is 0.282. The summed E-state index contributed by atoms with van der Waals surface area (Å²) in [5.74, 6) is 0.365. The standard InChI is InChI=1S/C23H18FN7/c24-15-3-1-14(2-4-15)20-22-17(7-10-26-20)28-23(29-22)21-16-11-18(13-5-8-25-9-6-13)27-12-19(16)30-31-21/h1-5,7,10-12,25H,6,8-9H2,(H,28,29)(H,30,31). The van der Waals surface area contributed by atoms with Gasteiger partial charge in [0.05, 0.1) is 28.6 Å². The molecule has 0 amide bonds. The Kier molecular flexibility index (Phi) is 4.10. The molecule has 0 fully saturated rings. The van der Waals surface area contributed by atoms with Crippen molar-refractivity contribution in [2.45, 2.75) is 6.42 Å². The van der Waals surface area contributed by atoms with Crippen LogP contribution in [-0.2, 0) is 0 Å². The van der Waals surface area contributed by atoms with Crippen molar-refractivity contribution in [2.24, 2.45) is 0 Å². The van der Waals surface area contributed by atoms with Gasteiger partial charge in [0, 0.05) is 23.7 Å². The van der Waals surface area contributed by atoms with Gasteiger partial charge >= 0.3 is 0 Å². The molecule has 0 atom stereocenters. The summed E-state index contributed by atoms with van der Waals surface area (Å²) >= 11 is 0. The summed E-state index contributed by atoms with van der Waals surface area (Å²) in [5, 5.41) is 11.8. The fourth-order valence-corrected chi connectivity index (χ4v) is 3.99. The van der Waals surface area contributed by atoms with E-state index in [2.05, 4.69) is 42.6 Å². The molecule has 6 rings (SSSR count). The van der Waals surface area contributed by atoms with Crippen LogP contribution in [0.2, 0.25) is 0 Å². The molecule has 4 aromatic heterocycles. The summed E-state index contributed by atoms with van der Waals surface area (Å²) in [6.45, 7) is 1.81. The number of halogens is 1. The first-order valence-corrected chi connectivity index (χ1v) is 10.1. The Morgan fingerprint density at radius 1 is 0.968 bits per heavy atom. The van der Waals surface area contributed by atoms with E-state index in [1.807, 2.05) is 12.3 Å².